The second kappa shape index (κ2) is 13.1. The standard InChI is InChI=1S/C29H31ClFN3O3/c1-20(34-28(35)29(2,3)37-27-12-9-23(17-30)19-33-27)26(24-6-4-5-22(15-24)18-32)16-21-7-10-25(11-8-21)36-14-13-31/h4-12,15,19-20,26H,13-14,16-17H2,1-3H3,(H,34,35)/t20-,26+/m0/s1. The molecule has 2 aromatic carbocycles. The Hall–Kier alpha value is -3.63. The number of hydrogen-bond acceptors (Lipinski definition) is 5. The molecule has 2 atom stereocenters. The van der Waals surface area contributed by atoms with Crippen LogP contribution in [0.3, 0.4) is 0 Å². The van der Waals surface area contributed by atoms with Gasteiger partial charge < -0.3 is 14.8 Å². The third-order valence-electron chi connectivity index (χ3n) is 5.99. The van der Waals surface area contributed by atoms with Gasteiger partial charge in [0.1, 0.15) is 19.0 Å². The van der Waals surface area contributed by atoms with Gasteiger partial charge in [-0.15, -0.1) is 11.6 Å². The van der Waals surface area contributed by atoms with E-state index in [1.807, 2.05) is 37.3 Å². The molecular formula is C29H31ClFN3O3. The van der Waals surface area contributed by atoms with E-state index in [1.165, 1.54) is 0 Å². The van der Waals surface area contributed by atoms with E-state index in [4.69, 9.17) is 21.1 Å². The Morgan fingerprint density at radius 3 is 2.51 bits per heavy atom. The molecule has 37 heavy (non-hydrogen) atoms. The number of nitrogens with one attached hydrogen (secondary N) is 1. The first-order valence-electron chi connectivity index (χ1n) is 12.0. The van der Waals surface area contributed by atoms with Crippen molar-refractivity contribution in [2.45, 2.75) is 50.6 Å². The SMILES string of the molecule is C[C@H](NC(=O)C(C)(C)Oc1ccc(CCl)cn1)[C@@H](Cc1ccc(OCCF)cc1)c1cccc(C#N)c1. The minimum absolute atomic E-state index is 0.0101. The maximum Gasteiger partial charge on any atom is 0.263 e. The van der Waals surface area contributed by atoms with Crippen molar-refractivity contribution < 1.29 is 18.7 Å². The van der Waals surface area contributed by atoms with Crippen LogP contribution in [0.5, 0.6) is 11.6 Å². The Morgan fingerprint density at radius 1 is 1.16 bits per heavy atom. The lowest BCUT2D eigenvalue weighted by Gasteiger charge is -2.30. The van der Waals surface area contributed by atoms with Crippen molar-refractivity contribution in [3.8, 4) is 17.7 Å². The highest BCUT2D eigenvalue weighted by atomic mass is 35.5. The van der Waals surface area contributed by atoms with Crippen molar-refractivity contribution in [2.75, 3.05) is 13.3 Å². The fourth-order valence-electron chi connectivity index (χ4n) is 3.89. The van der Waals surface area contributed by atoms with Gasteiger partial charge >= 0.3 is 0 Å². The quantitative estimate of drug-likeness (QED) is 0.306. The number of hydrogen-bond donors (Lipinski definition) is 1. The molecule has 0 unspecified atom stereocenters. The first-order valence-corrected chi connectivity index (χ1v) is 12.6. The number of pyridine rings is 1. The average Bonchev–Trinajstić information content (AvgIpc) is 2.91. The fraction of sp³-hybridized carbons (Fsp3) is 0.345. The summed E-state index contributed by atoms with van der Waals surface area (Å²) < 4.78 is 23.6. The van der Waals surface area contributed by atoms with E-state index in [0.29, 0.717) is 29.5 Å². The molecule has 0 bridgehead atoms. The second-order valence-corrected chi connectivity index (χ2v) is 9.51. The van der Waals surface area contributed by atoms with E-state index in [1.54, 1.807) is 50.4 Å². The van der Waals surface area contributed by atoms with Crippen LogP contribution < -0.4 is 14.8 Å². The van der Waals surface area contributed by atoms with Gasteiger partial charge in [0.15, 0.2) is 5.60 Å². The molecule has 3 rings (SSSR count). The van der Waals surface area contributed by atoms with Crippen LogP contribution >= 0.6 is 11.6 Å². The Balaban J connectivity index is 1.78. The van der Waals surface area contributed by atoms with Gasteiger partial charge in [-0.1, -0.05) is 30.3 Å². The largest absolute Gasteiger partial charge is 0.491 e. The molecule has 1 N–H and O–H groups in total. The molecule has 0 fully saturated rings. The van der Waals surface area contributed by atoms with Gasteiger partial charge in [0.2, 0.25) is 5.88 Å². The van der Waals surface area contributed by atoms with Crippen molar-refractivity contribution in [1.29, 1.82) is 5.26 Å². The van der Waals surface area contributed by atoms with E-state index in [9.17, 15) is 14.4 Å². The number of nitriles is 1. The summed E-state index contributed by atoms with van der Waals surface area (Å²) in [4.78, 5) is 17.5. The van der Waals surface area contributed by atoms with Crippen molar-refractivity contribution in [1.82, 2.24) is 10.3 Å². The Kier molecular flexibility index (Phi) is 9.87. The number of carbonyl (C=O) groups is 1. The highest BCUT2D eigenvalue weighted by Crippen LogP contribution is 2.27. The number of carbonyl (C=O) groups excluding carboxylic acids is 1. The molecule has 0 radical (unpaired) electrons. The molecule has 0 spiro atoms. The Bertz CT molecular complexity index is 1210. The lowest BCUT2D eigenvalue weighted by atomic mass is 9.85. The summed E-state index contributed by atoms with van der Waals surface area (Å²) >= 11 is 5.82. The van der Waals surface area contributed by atoms with Gasteiger partial charge in [-0.25, -0.2) is 9.37 Å². The molecular weight excluding hydrogens is 493 g/mol. The number of aromatic nitrogens is 1. The van der Waals surface area contributed by atoms with Crippen LogP contribution in [0, 0.1) is 11.3 Å². The topological polar surface area (TPSA) is 84.2 Å². The summed E-state index contributed by atoms with van der Waals surface area (Å²) in [6, 6.07) is 20.2. The summed E-state index contributed by atoms with van der Waals surface area (Å²) in [5, 5.41) is 12.5. The van der Waals surface area contributed by atoms with Crippen LogP contribution in [-0.4, -0.2) is 35.8 Å². The summed E-state index contributed by atoms with van der Waals surface area (Å²) in [6.45, 7) is 4.77. The zero-order valence-corrected chi connectivity index (χ0v) is 22.0. The number of ether oxygens (including phenoxy) is 2. The van der Waals surface area contributed by atoms with Crippen LogP contribution in [-0.2, 0) is 17.1 Å². The molecule has 194 valence electrons. The predicted octanol–water partition coefficient (Wildman–Crippen LogP) is 5.73. The van der Waals surface area contributed by atoms with Gasteiger partial charge in [-0.3, -0.25) is 4.79 Å². The summed E-state index contributed by atoms with van der Waals surface area (Å²) in [7, 11) is 0. The van der Waals surface area contributed by atoms with Crippen LogP contribution in [0.15, 0.2) is 66.9 Å². The van der Waals surface area contributed by atoms with Crippen LogP contribution in [0.1, 0.15) is 48.9 Å². The third-order valence-corrected chi connectivity index (χ3v) is 6.30. The van der Waals surface area contributed by atoms with Gasteiger partial charge in [-0.05, 0) is 68.1 Å². The normalized spacial score (nSPS) is 12.8. The van der Waals surface area contributed by atoms with Crippen LogP contribution in [0.4, 0.5) is 4.39 Å². The van der Waals surface area contributed by atoms with Gasteiger partial charge in [0, 0.05) is 30.1 Å². The van der Waals surface area contributed by atoms with E-state index < -0.39 is 12.3 Å². The Morgan fingerprint density at radius 2 is 1.89 bits per heavy atom. The smallest absolute Gasteiger partial charge is 0.263 e. The average molecular weight is 524 g/mol. The minimum atomic E-state index is -1.18. The molecule has 1 amide bonds. The first kappa shape index (κ1) is 27.9. The number of rotatable bonds is 12. The number of halogens is 2. The number of amides is 1. The molecule has 0 saturated carbocycles. The van der Waals surface area contributed by atoms with E-state index >= 15 is 0 Å². The molecule has 3 aromatic rings. The first-order chi connectivity index (χ1) is 17.7. The molecule has 1 heterocycles. The number of benzene rings is 2. The molecule has 0 aliphatic carbocycles. The zero-order chi connectivity index (χ0) is 26.8. The van der Waals surface area contributed by atoms with Crippen molar-refractivity contribution >= 4 is 17.5 Å². The zero-order valence-electron chi connectivity index (χ0n) is 21.2. The van der Waals surface area contributed by atoms with Crippen molar-refractivity contribution in [3.63, 3.8) is 0 Å². The maximum atomic E-state index is 13.3. The lowest BCUT2D eigenvalue weighted by Crippen LogP contribution is -2.51. The van der Waals surface area contributed by atoms with E-state index in [0.717, 1.165) is 16.7 Å². The lowest BCUT2D eigenvalue weighted by molar-refractivity contribution is -0.135. The highest BCUT2D eigenvalue weighted by molar-refractivity contribution is 6.17. The van der Waals surface area contributed by atoms with E-state index in [2.05, 4.69) is 16.4 Å². The molecule has 0 saturated heterocycles. The fourth-order valence-corrected chi connectivity index (χ4v) is 4.05. The molecule has 0 aliphatic rings. The summed E-state index contributed by atoms with van der Waals surface area (Å²) in [6.07, 6.45) is 2.22. The predicted molar refractivity (Wildman–Crippen MR) is 142 cm³/mol. The van der Waals surface area contributed by atoms with Crippen molar-refractivity contribution in [3.05, 3.63) is 89.1 Å². The van der Waals surface area contributed by atoms with Gasteiger partial charge in [0.25, 0.3) is 5.91 Å². The molecule has 1 aromatic heterocycles. The monoisotopic (exact) mass is 523 g/mol. The maximum absolute atomic E-state index is 13.3. The van der Waals surface area contributed by atoms with E-state index in [-0.39, 0.29) is 24.5 Å². The molecule has 8 heteroatoms. The number of nitrogens with zero attached hydrogens (tertiary/aromatic N) is 2. The van der Waals surface area contributed by atoms with Crippen molar-refractivity contribution in [2.24, 2.45) is 0 Å². The molecule has 6 nitrogen and oxygen atoms in total. The van der Waals surface area contributed by atoms with Crippen LogP contribution in [0.25, 0.3) is 0 Å². The van der Waals surface area contributed by atoms with Gasteiger partial charge in [0.05, 0.1) is 11.6 Å². The van der Waals surface area contributed by atoms with Crippen LogP contribution in [0.2, 0.25) is 0 Å². The second-order valence-electron chi connectivity index (χ2n) is 9.24. The number of alkyl halides is 2. The Labute approximate surface area is 222 Å². The van der Waals surface area contributed by atoms with Gasteiger partial charge in [-0.2, -0.15) is 5.26 Å². The third kappa shape index (κ3) is 7.93. The summed E-state index contributed by atoms with van der Waals surface area (Å²) in [5.74, 6) is 0.843. The highest BCUT2D eigenvalue weighted by Gasteiger charge is 2.33. The molecule has 0 aliphatic heterocycles. The summed E-state index contributed by atoms with van der Waals surface area (Å²) in [5.41, 5.74) is 2.17. The minimum Gasteiger partial charge on any atom is -0.491 e.